The van der Waals surface area contributed by atoms with Gasteiger partial charge in [-0.2, -0.15) is 0 Å². The number of nitrogens with one attached hydrogen (secondary N) is 1. The van der Waals surface area contributed by atoms with Gasteiger partial charge in [-0.25, -0.2) is 0 Å². The van der Waals surface area contributed by atoms with E-state index < -0.39 is 0 Å². The van der Waals surface area contributed by atoms with E-state index in [1.54, 1.807) is 6.07 Å². The van der Waals surface area contributed by atoms with E-state index in [-0.39, 0.29) is 12.1 Å². The maximum Gasteiger partial charge on any atom is 0.252 e. The number of benzene rings is 1. The molecule has 0 spiro atoms. The first-order valence-corrected chi connectivity index (χ1v) is 6.67. The van der Waals surface area contributed by atoms with Crippen molar-refractivity contribution in [3.63, 3.8) is 0 Å². The summed E-state index contributed by atoms with van der Waals surface area (Å²) < 4.78 is 5.90. The highest BCUT2D eigenvalue weighted by Gasteiger charge is 2.15. The predicted octanol–water partition coefficient (Wildman–Crippen LogP) is 2.81. The number of hydrogen-bond donors (Lipinski definition) is 2. The standard InChI is InChI=1S/C16H16N2O2/c1-2-11-12-5-3-4-6-14(12)20-15(11)13-8-7-10(9-17)16(19)18-13/h3-8H,2,9,17H2,1H3,(H,18,19). The lowest BCUT2D eigenvalue weighted by atomic mass is 10.1. The van der Waals surface area contributed by atoms with Crippen molar-refractivity contribution < 1.29 is 4.42 Å². The van der Waals surface area contributed by atoms with Crippen LogP contribution in [0.4, 0.5) is 0 Å². The normalized spacial score (nSPS) is 11.1. The van der Waals surface area contributed by atoms with Crippen molar-refractivity contribution in [1.29, 1.82) is 0 Å². The van der Waals surface area contributed by atoms with Gasteiger partial charge in [-0.3, -0.25) is 4.79 Å². The lowest BCUT2D eigenvalue weighted by Gasteiger charge is -2.02. The molecule has 0 saturated heterocycles. The molecule has 4 nitrogen and oxygen atoms in total. The van der Waals surface area contributed by atoms with Crippen LogP contribution in [-0.4, -0.2) is 4.98 Å². The molecular formula is C16H16N2O2. The number of aromatic nitrogens is 1. The van der Waals surface area contributed by atoms with Crippen LogP contribution in [0.15, 0.2) is 45.6 Å². The molecule has 4 heteroatoms. The van der Waals surface area contributed by atoms with Gasteiger partial charge in [-0.15, -0.1) is 0 Å². The number of aromatic amines is 1. The van der Waals surface area contributed by atoms with Crippen molar-refractivity contribution >= 4 is 11.0 Å². The van der Waals surface area contributed by atoms with E-state index in [0.717, 1.165) is 28.7 Å². The number of para-hydroxylation sites is 1. The van der Waals surface area contributed by atoms with Crippen LogP contribution in [0.5, 0.6) is 0 Å². The monoisotopic (exact) mass is 268 g/mol. The second kappa shape index (κ2) is 4.98. The molecule has 0 bridgehead atoms. The summed E-state index contributed by atoms with van der Waals surface area (Å²) in [5, 5.41) is 1.09. The quantitative estimate of drug-likeness (QED) is 0.767. The number of H-pyrrole nitrogens is 1. The highest BCUT2D eigenvalue weighted by molar-refractivity contribution is 5.87. The van der Waals surface area contributed by atoms with Gasteiger partial charge in [0.15, 0.2) is 5.76 Å². The number of rotatable bonds is 3. The second-order valence-corrected chi connectivity index (χ2v) is 4.69. The van der Waals surface area contributed by atoms with Crippen molar-refractivity contribution in [2.45, 2.75) is 19.9 Å². The molecule has 0 unspecified atom stereocenters. The molecule has 0 fully saturated rings. The number of pyridine rings is 1. The van der Waals surface area contributed by atoms with Crippen LogP contribution in [0.25, 0.3) is 22.4 Å². The summed E-state index contributed by atoms with van der Waals surface area (Å²) >= 11 is 0. The van der Waals surface area contributed by atoms with Gasteiger partial charge < -0.3 is 15.1 Å². The molecule has 0 atom stereocenters. The molecular weight excluding hydrogens is 252 g/mol. The van der Waals surface area contributed by atoms with Gasteiger partial charge in [0, 0.05) is 23.1 Å². The number of fused-ring (bicyclic) bond motifs is 1. The highest BCUT2D eigenvalue weighted by Crippen LogP contribution is 2.32. The van der Waals surface area contributed by atoms with Crippen molar-refractivity contribution in [2.75, 3.05) is 0 Å². The van der Waals surface area contributed by atoms with Gasteiger partial charge in [-0.05, 0) is 18.6 Å². The van der Waals surface area contributed by atoms with Gasteiger partial charge in [0.2, 0.25) is 0 Å². The first-order valence-electron chi connectivity index (χ1n) is 6.67. The zero-order valence-corrected chi connectivity index (χ0v) is 11.3. The van der Waals surface area contributed by atoms with E-state index in [1.165, 1.54) is 0 Å². The van der Waals surface area contributed by atoms with Crippen molar-refractivity contribution in [3.8, 4) is 11.5 Å². The summed E-state index contributed by atoms with van der Waals surface area (Å²) in [5.74, 6) is 0.731. The minimum Gasteiger partial charge on any atom is -0.454 e. The van der Waals surface area contributed by atoms with Crippen molar-refractivity contribution in [1.82, 2.24) is 4.98 Å². The first-order chi connectivity index (χ1) is 9.74. The van der Waals surface area contributed by atoms with Crippen LogP contribution >= 0.6 is 0 Å². The average molecular weight is 268 g/mol. The Morgan fingerprint density at radius 1 is 1.20 bits per heavy atom. The molecule has 3 aromatic rings. The van der Waals surface area contributed by atoms with Crippen LogP contribution in [0.1, 0.15) is 18.1 Å². The van der Waals surface area contributed by atoms with Gasteiger partial charge >= 0.3 is 0 Å². The third-order valence-electron chi connectivity index (χ3n) is 3.51. The fourth-order valence-corrected chi connectivity index (χ4v) is 2.46. The Hall–Kier alpha value is -2.33. The van der Waals surface area contributed by atoms with E-state index in [9.17, 15) is 4.79 Å². The van der Waals surface area contributed by atoms with E-state index in [1.807, 2.05) is 30.3 Å². The minimum absolute atomic E-state index is 0.160. The Balaban J connectivity index is 2.23. The zero-order chi connectivity index (χ0) is 14.1. The van der Waals surface area contributed by atoms with Gasteiger partial charge in [-0.1, -0.05) is 31.2 Å². The van der Waals surface area contributed by atoms with Crippen LogP contribution < -0.4 is 11.3 Å². The smallest absolute Gasteiger partial charge is 0.252 e. The Labute approximate surface area is 116 Å². The average Bonchev–Trinajstić information content (AvgIpc) is 2.85. The highest BCUT2D eigenvalue weighted by atomic mass is 16.3. The molecule has 20 heavy (non-hydrogen) atoms. The Bertz CT molecular complexity index is 815. The molecule has 3 rings (SSSR count). The molecule has 0 amide bonds. The van der Waals surface area contributed by atoms with E-state index in [4.69, 9.17) is 10.2 Å². The summed E-state index contributed by atoms with van der Waals surface area (Å²) in [5.41, 5.74) is 8.56. The van der Waals surface area contributed by atoms with E-state index in [0.29, 0.717) is 11.3 Å². The summed E-state index contributed by atoms with van der Waals surface area (Å²) in [4.78, 5) is 14.7. The summed E-state index contributed by atoms with van der Waals surface area (Å²) in [6, 6.07) is 11.5. The minimum atomic E-state index is -0.160. The SMILES string of the molecule is CCc1c(-c2ccc(CN)c(=O)[nH]2)oc2ccccc12. The molecule has 0 aliphatic rings. The predicted molar refractivity (Wildman–Crippen MR) is 79.5 cm³/mol. The maximum absolute atomic E-state index is 11.9. The van der Waals surface area contributed by atoms with Crippen molar-refractivity contribution in [2.24, 2.45) is 5.73 Å². The number of aryl methyl sites for hydroxylation is 1. The number of hydrogen-bond acceptors (Lipinski definition) is 3. The van der Waals surface area contributed by atoms with Gasteiger partial charge in [0.1, 0.15) is 5.58 Å². The van der Waals surface area contributed by atoms with Gasteiger partial charge in [0.25, 0.3) is 5.56 Å². The molecule has 102 valence electrons. The summed E-state index contributed by atoms with van der Waals surface area (Å²) in [7, 11) is 0. The first kappa shape index (κ1) is 12.7. The van der Waals surface area contributed by atoms with Gasteiger partial charge in [0.05, 0.1) is 5.69 Å². The third-order valence-corrected chi connectivity index (χ3v) is 3.51. The molecule has 2 aromatic heterocycles. The molecule has 2 heterocycles. The lowest BCUT2D eigenvalue weighted by molar-refractivity contribution is 0.624. The fraction of sp³-hybridized carbons (Fsp3) is 0.188. The van der Waals surface area contributed by atoms with Crippen LogP contribution in [0.3, 0.4) is 0 Å². The maximum atomic E-state index is 11.9. The molecule has 0 aliphatic heterocycles. The number of nitrogens with two attached hydrogens (primary N) is 1. The Kier molecular flexibility index (Phi) is 3.16. The third kappa shape index (κ3) is 1.94. The number of furan rings is 1. The van der Waals surface area contributed by atoms with Crippen LogP contribution in [-0.2, 0) is 13.0 Å². The van der Waals surface area contributed by atoms with E-state index in [2.05, 4.69) is 11.9 Å². The Morgan fingerprint density at radius 2 is 2.00 bits per heavy atom. The molecule has 0 radical (unpaired) electrons. The fourth-order valence-electron chi connectivity index (χ4n) is 2.46. The molecule has 0 saturated carbocycles. The van der Waals surface area contributed by atoms with Crippen molar-refractivity contribution in [3.05, 3.63) is 57.9 Å². The lowest BCUT2D eigenvalue weighted by Crippen LogP contribution is -2.16. The van der Waals surface area contributed by atoms with E-state index >= 15 is 0 Å². The Morgan fingerprint density at radius 3 is 2.70 bits per heavy atom. The summed E-state index contributed by atoms with van der Waals surface area (Å²) in [6.45, 7) is 2.31. The topological polar surface area (TPSA) is 72.0 Å². The molecule has 3 N–H and O–H groups in total. The summed E-state index contributed by atoms with van der Waals surface area (Å²) in [6.07, 6.45) is 0.840. The van der Waals surface area contributed by atoms with Crippen LogP contribution in [0.2, 0.25) is 0 Å². The molecule has 1 aromatic carbocycles. The molecule has 0 aliphatic carbocycles. The largest absolute Gasteiger partial charge is 0.454 e. The zero-order valence-electron chi connectivity index (χ0n) is 11.3. The van der Waals surface area contributed by atoms with Crippen LogP contribution in [0, 0.1) is 0 Å². The second-order valence-electron chi connectivity index (χ2n) is 4.69.